The van der Waals surface area contributed by atoms with Crippen LogP contribution in [0.5, 0.6) is 0 Å². The van der Waals surface area contributed by atoms with Crippen molar-refractivity contribution in [3.63, 3.8) is 0 Å². The van der Waals surface area contributed by atoms with Crippen LogP contribution < -0.4 is 10.6 Å². The lowest BCUT2D eigenvalue weighted by Gasteiger charge is -2.43. The average molecular weight is 524 g/mol. The summed E-state index contributed by atoms with van der Waals surface area (Å²) >= 11 is 7.65. The van der Waals surface area contributed by atoms with Crippen molar-refractivity contribution in [2.75, 3.05) is 30.8 Å². The molecule has 35 heavy (non-hydrogen) atoms. The Kier molecular flexibility index (Phi) is 6.26. The predicted molar refractivity (Wildman–Crippen MR) is 133 cm³/mol. The van der Waals surface area contributed by atoms with Crippen LogP contribution in [0.15, 0.2) is 40.3 Å². The van der Waals surface area contributed by atoms with E-state index in [1.54, 1.807) is 12.4 Å². The van der Waals surface area contributed by atoms with E-state index in [4.69, 9.17) is 11.6 Å². The van der Waals surface area contributed by atoms with Crippen molar-refractivity contribution in [2.24, 2.45) is 0 Å². The maximum atomic E-state index is 14.1. The number of likely N-dealkylation sites (N-methyl/N-ethyl adjacent to an activating group) is 1. The first-order valence-corrected chi connectivity index (χ1v) is 12.8. The Morgan fingerprint density at radius 2 is 1.77 bits per heavy atom. The molecule has 0 aliphatic carbocycles. The minimum atomic E-state index is -4.64. The molecule has 11 heteroatoms. The highest BCUT2D eigenvalue weighted by atomic mass is 35.5. The molecule has 0 bridgehead atoms. The Bertz CT molecular complexity index is 1320. The number of thioether (sulfide) groups is 1. The molecule has 6 nitrogen and oxygen atoms in total. The first-order valence-electron chi connectivity index (χ1n) is 11.4. The molecule has 1 aromatic carbocycles. The number of hydrogen-bond acceptors (Lipinski definition) is 6. The summed E-state index contributed by atoms with van der Waals surface area (Å²) in [5.41, 5.74) is 0.00229. The van der Waals surface area contributed by atoms with Gasteiger partial charge in [-0.2, -0.15) is 18.2 Å². The zero-order chi connectivity index (χ0) is 25.1. The lowest BCUT2D eigenvalue weighted by molar-refractivity contribution is -0.137. The van der Waals surface area contributed by atoms with Crippen molar-refractivity contribution in [3.8, 4) is 0 Å². The van der Waals surface area contributed by atoms with Gasteiger partial charge in [0.25, 0.3) is 0 Å². The zero-order valence-electron chi connectivity index (χ0n) is 19.5. The standard InChI is InChI=1S/C24H25ClF3N5OS/c1-13-9-32(10-14(2)31(13)3)22-17-8-18(24(26,27)28)19(25)21-20(17)33(23(34)30-22)11-16(12-35-21)15-4-6-29-7-5-15/h4-8,13-14,16H,9-12H2,1-3H3/t13-,14+,16-/m1/s1. The van der Waals surface area contributed by atoms with Gasteiger partial charge < -0.3 is 4.90 Å². The van der Waals surface area contributed by atoms with Crippen molar-refractivity contribution in [3.05, 3.63) is 57.2 Å². The molecule has 0 amide bonds. The lowest BCUT2D eigenvalue weighted by atomic mass is 10.0. The molecule has 1 fully saturated rings. The van der Waals surface area contributed by atoms with Crippen LogP contribution in [0.2, 0.25) is 5.02 Å². The van der Waals surface area contributed by atoms with Crippen LogP contribution in [0.4, 0.5) is 19.0 Å². The van der Waals surface area contributed by atoms with Crippen LogP contribution in [0.1, 0.15) is 30.9 Å². The van der Waals surface area contributed by atoms with E-state index in [-0.39, 0.29) is 27.9 Å². The fraction of sp³-hybridized carbons (Fsp3) is 0.458. The quantitative estimate of drug-likeness (QED) is 0.477. The summed E-state index contributed by atoms with van der Waals surface area (Å²) in [4.78, 5) is 26.2. The molecule has 0 unspecified atom stereocenters. The second-order valence-electron chi connectivity index (χ2n) is 9.35. The van der Waals surface area contributed by atoms with Crippen LogP contribution in [-0.2, 0) is 12.7 Å². The number of hydrogen-bond donors (Lipinski definition) is 0. The van der Waals surface area contributed by atoms with Gasteiger partial charge in [0.15, 0.2) is 0 Å². The smallest absolute Gasteiger partial charge is 0.353 e. The molecule has 0 radical (unpaired) electrons. The fourth-order valence-electron chi connectivity index (χ4n) is 4.99. The number of anilines is 1. The monoisotopic (exact) mass is 523 g/mol. The average Bonchev–Trinajstić information content (AvgIpc) is 3.02. The summed E-state index contributed by atoms with van der Waals surface area (Å²) in [6, 6.07) is 5.09. The van der Waals surface area contributed by atoms with Crippen molar-refractivity contribution in [1.82, 2.24) is 19.4 Å². The molecule has 3 atom stereocenters. The summed E-state index contributed by atoms with van der Waals surface area (Å²) < 4.78 is 43.7. The number of pyridine rings is 1. The Morgan fingerprint density at radius 3 is 2.40 bits per heavy atom. The van der Waals surface area contributed by atoms with E-state index in [2.05, 4.69) is 28.7 Å². The van der Waals surface area contributed by atoms with Gasteiger partial charge in [0, 0.05) is 61.2 Å². The number of aromatic nitrogens is 3. The van der Waals surface area contributed by atoms with Gasteiger partial charge in [-0.05, 0) is 44.7 Å². The van der Waals surface area contributed by atoms with Crippen LogP contribution in [0.3, 0.4) is 0 Å². The Hall–Kier alpha value is -2.30. The molecule has 5 rings (SSSR count). The number of alkyl halides is 3. The van der Waals surface area contributed by atoms with Crippen LogP contribution >= 0.6 is 23.4 Å². The Morgan fingerprint density at radius 1 is 1.11 bits per heavy atom. The zero-order valence-corrected chi connectivity index (χ0v) is 21.1. The van der Waals surface area contributed by atoms with Crippen LogP contribution in [0, 0.1) is 0 Å². The third-order valence-corrected chi connectivity index (χ3v) is 8.87. The van der Waals surface area contributed by atoms with Crippen molar-refractivity contribution in [2.45, 2.75) is 49.5 Å². The number of benzene rings is 1. The van der Waals surface area contributed by atoms with Gasteiger partial charge in [-0.3, -0.25) is 14.5 Å². The first kappa shape index (κ1) is 24.4. The maximum Gasteiger partial charge on any atom is 0.417 e. The van der Waals surface area contributed by atoms with Crippen molar-refractivity contribution >= 4 is 40.1 Å². The molecular formula is C24H25ClF3N5OS. The first-order chi connectivity index (χ1) is 16.6. The van der Waals surface area contributed by atoms with E-state index >= 15 is 0 Å². The minimum Gasteiger partial charge on any atom is -0.353 e. The lowest BCUT2D eigenvalue weighted by Crippen LogP contribution is -2.55. The normalized spacial score (nSPS) is 23.5. The number of rotatable bonds is 2. The second kappa shape index (κ2) is 8.97. The van der Waals surface area contributed by atoms with Crippen molar-refractivity contribution < 1.29 is 13.2 Å². The molecule has 186 valence electrons. The van der Waals surface area contributed by atoms with Crippen molar-refractivity contribution in [1.29, 1.82) is 0 Å². The van der Waals surface area contributed by atoms with E-state index in [1.165, 1.54) is 16.3 Å². The van der Waals surface area contributed by atoms with Gasteiger partial charge in [0.1, 0.15) is 5.82 Å². The van der Waals surface area contributed by atoms with Gasteiger partial charge in [0.2, 0.25) is 0 Å². The third-order valence-electron chi connectivity index (χ3n) is 7.11. The summed E-state index contributed by atoms with van der Waals surface area (Å²) in [5.74, 6) is 0.650. The summed E-state index contributed by atoms with van der Waals surface area (Å²) in [7, 11) is 2.02. The SMILES string of the molecule is C[C@@H]1CN(c2nc(=O)n3c4c(c(Cl)c(C(F)(F)F)cc24)SC[C@H](c2ccncc2)C3)C[C@H](C)N1C. The third kappa shape index (κ3) is 4.29. The highest BCUT2D eigenvalue weighted by Gasteiger charge is 2.38. The molecule has 0 N–H and O–H groups in total. The highest BCUT2D eigenvalue weighted by molar-refractivity contribution is 7.99. The summed E-state index contributed by atoms with van der Waals surface area (Å²) in [5, 5.41) is -0.0565. The Labute approximate surface area is 210 Å². The fourth-order valence-corrected chi connectivity index (χ4v) is 6.66. The largest absolute Gasteiger partial charge is 0.417 e. The second-order valence-corrected chi connectivity index (χ2v) is 10.8. The van der Waals surface area contributed by atoms with E-state index in [0.29, 0.717) is 42.1 Å². The summed E-state index contributed by atoms with van der Waals surface area (Å²) in [6.45, 7) is 5.51. The molecule has 2 aromatic heterocycles. The number of halogens is 4. The van der Waals surface area contributed by atoms with Gasteiger partial charge >= 0.3 is 11.9 Å². The van der Waals surface area contributed by atoms with Gasteiger partial charge in [-0.25, -0.2) is 4.79 Å². The summed E-state index contributed by atoms with van der Waals surface area (Å²) in [6.07, 6.45) is -1.30. The minimum absolute atomic E-state index is 0.113. The predicted octanol–water partition coefficient (Wildman–Crippen LogP) is 4.88. The number of nitrogens with zero attached hydrogens (tertiary/aromatic N) is 5. The van der Waals surface area contributed by atoms with Gasteiger partial charge in [-0.1, -0.05) is 11.6 Å². The molecular weight excluding hydrogens is 499 g/mol. The molecule has 0 spiro atoms. The molecule has 0 saturated carbocycles. The molecule has 2 aliphatic heterocycles. The van der Waals surface area contributed by atoms with E-state index in [1.807, 2.05) is 24.1 Å². The van der Waals surface area contributed by atoms with E-state index in [9.17, 15) is 18.0 Å². The molecule has 1 saturated heterocycles. The van der Waals surface area contributed by atoms with Gasteiger partial charge in [-0.15, -0.1) is 11.8 Å². The molecule has 3 aromatic rings. The molecule has 2 aliphatic rings. The van der Waals surface area contributed by atoms with E-state index < -0.39 is 17.4 Å². The molecule has 4 heterocycles. The van der Waals surface area contributed by atoms with Crippen LogP contribution in [-0.4, -0.2) is 57.4 Å². The van der Waals surface area contributed by atoms with Gasteiger partial charge in [0.05, 0.1) is 21.0 Å². The topological polar surface area (TPSA) is 54.3 Å². The number of piperazine rings is 1. The van der Waals surface area contributed by atoms with E-state index in [0.717, 1.165) is 11.6 Å². The van der Waals surface area contributed by atoms with Crippen LogP contribution in [0.25, 0.3) is 10.9 Å². The Balaban J connectivity index is 1.75. The highest BCUT2D eigenvalue weighted by Crippen LogP contribution is 2.47. The maximum absolute atomic E-state index is 14.1.